The van der Waals surface area contributed by atoms with Crippen LogP contribution < -0.4 is 5.06 Å². The van der Waals surface area contributed by atoms with E-state index in [0.29, 0.717) is 5.25 Å². The minimum absolute atomic E-state index is 0.403. The Balaban J connectivity index is 1.65. The Morgan fingerprint density at radius 1 is 0.952 bits per heavy atom. The van der Waals surface area contributed by atoms with Crippen LogP contribution in [-0.4, -0.2) is 10.5 Å². The molecule has 2 nitrogen and oxygen atoms in total. The smallest absolute Gasteiger partial charge is 0.0689 e. The summed E-state index contributed by atoms with van der Waals surface area (Å²) in [6.45, 7) is 0. The lowest BCUT2D eigenvalue weighted by Gasteiger charge is -2.25. The number of hydrogen-bond donors (Lipinski definition) is 1. The summed E-state index contributed by atoms with van der Waals surface area (Å²) in [5, 5.41) is 12.1. The lowest BCUT2D eigenvalue weighted by Crippen LogP contribution is -2.22. The Kier molecular flexibility index (Phi) is 3.09. The fraction of sp³-hybridized carbons (Fsp3) is 0.111. The summed E-state index contributed by atoms with van der Waals surface area (Å²) in [6, 6.07) is 18.2. The number of benzene rings is 2. The van der Waals surface area contributed by atoms with Gasteiger partial charge in [0.15, 0.2) is 0 Å². The number of allylic oxidation sites excluding steroid dienone is 3. The van der Waals surface area contributed by atoms with E-state index >= 15 is 0 Å². The number of thioether (sulfide) groups is 1. The molecule has 21 heavy (non-hydrogen) atoms. The fourth-order valence-corrected chi connectivity index (χ4v) is 4.25. The lowest BCUT2D eigenvalue weighted by atomic mass is 9.95. The molecule has 1 N–H and O–H groups in total. The van der Waals surface area contributed by atoms with Crippen molar-refractivity contribution in [2.45, 2.75) is 16.6 Å². The maximum Gasteiger partial charge on any atom is 0.0689 e. The summed E-state index contributed by atoms with van der Waals surface area (Å²) in [7, 11) is 0. The highest BCUT2D eigenvalue weighted by Gasteiger charge is 2.31. The van der Waals surface area contributed by atoms with Gasteiger partial charge in [-0.3, -0.25) is 5.21 Å². The van der Waals surface area contributed by atoms with Crippen LogP contribution in [0.25, 0.3) is 5.57 Å². The molecule has 1 unspecified atom stereocenters. The first kappa shape index (κ1) is 12.7. The van der Waals surface area contributed by atoms with E-state index in [1.165, 1.54) is 21.1 Å². The fourth-order valence-electron chi connectivity index (χ4n) is 2.88. The number of para-hydroxylation sites is 1. The number of rotatable bonds is 2. The third kappa shape index (κ3) is 2.19. The van der Waals surface area contributed by atoms with Crippen LogP contribution in [0.3, 0.4) is 0 Å². The predicted molar refractivity (Wildman–Crippen MR) is 87.5 cm³/mol. The summed E-state index contributed by atoms with van der Waals surface area (Å²) >= 11 is 1.89. The molecule has 104 valence electrons. The van der Waals surface area contributed by atoms with E-state index in [1.54, 1.807) is 0 Å². The van der Waals surface area contributed by atoms with E-state index in [0.717, 1.165) is 17.8 Å². The van der Waals surface area contributed by atoms with Gasteiger partial charge < -0.3 is 0 Å². The zero-order chi connectivity index (χ0) is 14.2. The van der Waals surface area contributed by atoms with Gasteiger partial charge in [-0.25, -0.2) is 5.06 Å². The van der Waals surface area contributed by atoms with E-state index < -0.39 is 0 Å². The van der Waals surface area contributed by atoms with Gasteiger partial charge in [0.25, 0.3) is 0 Å². The van der Waals surface area contributed by atoms with Gasteiger partial charge in [0.2, 0.25) is 0 Å². The largest absolute Gasteiger partial charge is 0.284 e. The van der Waals surface area contributed by atoms with E-state index in [-0.39, 0.29) is 0 Å². The zero-order valence-electron chi connectivity index (χ0n) is 11.4. The van der Waals surface area contributed by atoms with Crippen LogP contribution in [-0.2, 0) is 0 Å². The molecule has 0 bridgehead atoms. The van der Waals surface area contributed by atoms with E-state index in [2.05, 4.69) is 30.3 Å². The molecule has 3 heteroatoms. The van der Waals surface area contributed by atoms with Crippen LogP contribution in [0.5, 0.6) is 0 Å². The quantitative estimate of drug-likeness (QED) is 0.810. The molecule has 1 atom stereocenters. The maximum atomic E-state index is 10.4. The summed E-state index contributed by atoms with van der Waals surface area (Å²) in [5.41, 5.74) is 4.46. The van der Waals surface area contributed by atoms with Gasteiger partial charge in [-0.05, 0) is 35.4 Å². The Morgan fingerprint density at radius 3 is 2.57 bits per heavy atom. The Labute approximate surface area is 128 Å². The third-order valence-corrected chi connectivity index (χ3v) is 5.25. The molecule has 4 rings (SSSR count). The maximum absolute atomic E-state index is 10.4. The minimum atomic E-state index is 0.403. The van der Waals surface area contributed by atoms with Gasteiger partial charge in [0.1, 0.15) is 0 Å². The molecule has 2 aliphatic rings. The predicted octanol–water partition coefficient (Wildman–Crippen LogP) is 4.73. The molecular weight excluding hydrogens is 278 g/mol. The zero-order valence-corrected chi connectivity index (χ0v) is 12.3. The SMILES string of the molecule is ON(C1=CC=C2c3ccccc3SC2C1)c1ccccc1. The average Bonchev–Trinajstić information content (AvgIpc) is 2.92. The molecule has 2 aromatic carbocycles. The topological polar surface area (TPSA) is 23.5 Å². The molecule has 0 aromatic heterocycles. The normalized spacial score (nSPS) is 19.4. The van der Waals surface area contributed by atoms with Crippen molar-refractivity contribution in [1.82, 2.24) is 0 Å². The molecule has 0 saturated heterocycles. The molecule has 0 fully saturated rings. The van der Waals surface area contributed by atoms with Crippen LogP contribution in [0.4, 0.5) is 5.69 Å². The van der Waals surface area contributed by atoms with Gasteiger partial charge in [0.05, 0.1) is 5.69 Å². The summed E-state index contributed by atoms with van der Waals surface area (Å²) in [6.07, 6.45) is 5.02. The van der Waals surface area contributed by atoms with Crippen molar-refractivity contribution in [2.24, 2.45) is 0 Å². The Bertz CT molecular complexity index is 736. The van der Waals surface area contributed by atoms with Crippen molar-refractivity contribution >= 4 is 23.0 Å². The molecule has 1 aliphatic carbocycles. The van der Waals surface area contributed by atoms with Crippen molar-refractivity contribution in [3.63, 3.8) is 0 Å². The van der Waals surface area contributed by atoms with Crippen LogP contribution in [0.15, 0.2) is 77.3 Å². The summed E-state index contributed by atoms with van der Waals surface area (Å²) < 4.78 is 0. The summed E-state index contributed by atoms with van der Waals surface area (Å²) in [5.74, 6) is 0. The monoisotopic (exact) mass is 293 g/mol. The first-order valence-corrected chi connectivity index (χ1v) is 7.92. The number of nitrogens with zero attached hydrogens (tertiary/aromatic N) is 1. The van der Waals surface area contributed by atoms with Crippen LogP contribution >= 0.6 is 11.8 Å². The summed E-state index contributed by atoms with van der Waals surface area (Å²) in [4.78, 5) is 1.34. The van der Waals surface area contributed by atoms with E-state index in [1.807, 2.05) is 48.2 Å². The second kappa shape index (κ2) is 5.10. The molecular formula is C18H15NOS. The molecule has 2 aromatic rings. The average molecular weight is 293 g/mol. The van der Waals surface area contributed by atoms with Gasteiger partial charge >= 0.3 is 0 Å². The number of hydrogen-bond acceptors (Lipinski definition) is 3. The number of fused-ring (bicyclic) bond motifs is 3. The number of hydroxylamine groups is 1. The van der Waals surface area contributed by atoms with Crippen molar-refractivity contribution in [1.29, 1.82) is 0 Å². The Hall–Kier alpha value is -1.97. The van der Waals surface area contributed by atoms with Crippen molar-refractivity contribution < 1.29 is 5.21 Å². The third-order valence-electron chi connectivity index (χ3n) is 3.94. The van der Waals surface area contributed by atoms with Crippen LogP contribution in [0.2, 0.25) is 0 Å². The van der Waals surface area contributed by atoms with Gasteiger partial charge in [-0.2, -0.15) is 0 Å². The second-order valence-electron chi connectivity index (χ2n) is 5.23. The van der Waals surface area contributed by atoms with Crippen LogP contribution in [0.1, 0.15) is 12.0 Å². The molecule has 1 heterocycles. The minimum Gasteiger partial charge on any atom is -0.284 e. The van der Waals surface area contributed by atoms with E-state index in [9.17, 15) is 5.21 Å². The highest BCUT2D eigenvalue weighted by Crippen LogP contribution is 2.49. The Morgan fingerprint density at radius 2 is 1.71 bits per heavy atom. The van der Waals surface area contributed by atoms with Gasteiger partial charge in [0, 0.05) is 22.3 Å². The molecule has 0 spiro atoms. The molecule has 1 aliphatic heterocycles. The highest BCUT2D eigenvalue weighted by atomic mass is 32.2. The van der Waals surface area contributed by atoms with Crippen LogP contribution in [0, 0.1) is 0 Å². The molecule has 0 saturated carbocycles. The first-order valence-electron chi connectivity index (χ1n) is 7.04. The molecule has 0 radical (unpaired) electrons. The van der Waals surface area contributed by atoms with Crippen molar-refractivity contribution in [2.75, 3.05) is 5.06 Å². The standard InChI is InChI=1S/C18H15NOS/c20-19(13-6-2-1-3-7-13)14-10-11-16-15-8-4-5-9-17(15)21-18(16)12-14/h1-11,18,20H,12H2. The van der Waals surface area contributed by atoms with Crippen molar-refractivity contribution in [3.8, 4) is 0 Å². The van der Waals surface area contributed by atoms with Crippen molar-refractivity contribution in [3.05, 3.63) is 78.0 Å². The highest BCUT2D eigenvalue weighted by molar-refractivity contribution is 8.00. The second-order valence-corrected chi connectivity index (χ2v) is 6.48. The lowest BCUT2D eigenvalue weighted by molar-refractivity contribution is 0.279. The number of anilines is 1. The molecule has 0 amide bonds. The van der Waals surface area contributed by atoms with Gasteiger partial charge in [-0.1, -0.05) is 42.5 Å². The first-order chi connectivity index (χ1) is 10.3. The van der Waals surface area contributed by atoms with E-state index in [4.69, 9.17) is 0 Å². The van der Waals surface area contributed by atoms with Gasteiger partial charge in [-0.15, -0.1) is 11.8 Å².